The summed E-state index contributed by atoms with van der Waals surface area (Å²) in [5.74, 6) is 1.36. The number of methoxy groups -OCH3 is 1. The maximum Gasteiger partial charge on any atom is 0.244 e. The molecule has 1 unspecified atom stereocenters. The lowest BCUT2D eigenvalue weighted by atomic mass is 10.1. The molecule has 0 aliphatic carbocycles. The molecule has 1 atom stereocenters. The van der Waals surface area contributed by atoms with Crippen molar-refractivity contribution in [2.75, 3.05) is 43.6 Å². The van der Waals surface area contributed by atoms with Crippen molar-refractivity contribution >= 4 is 17.5 Å². The average Bonchev–Trinajstić information content (AvgIpc) is 2.67. The minimum Gasteiger partial charge on any atom is -0.497 e. The topological polar surface area (TPSA) is 70.6 Å². The number of amides is 1. The van der Waals surface area contributed by atoms with Crippen LogP contribution < -0.4 is 19.9 Å². The van der Waals surface area contributed by atoms with Crippen LogP contribution in [0.3, 0.4) is 0 Å². The van der Waals surface area contributed by atoms with Gasteiger partial charge in [0.15, 0.2) is 0 Å². The molecule has 1 aromatic carbocycles. The smallest absolute Gasteiger partial charge is 0.244 e. The van der Waals surface area contributed by atoms with E-state index in [1.54, 1.807) is 32.6 Å². The van der Waals surface area contributed by atoms with E-state index in [9.17, 15) is 4.79 Å². The third kappa shape index (κ3) is 3.24. The lowest BCUT2D eigenvalue weighted by Crippen LogP contribution is -2.59. The Balaban J connectivity index is 1.81. The van der Waals surface area contributed by atoms with Crippen molar-refractivity contribution in [1.29, 1.82) is 0 Å². The summed E-state index contributed by atoms with van der Waals surface area (Å²) in [6.45, 7) is 2.04. The van der Waals surface area contributed by atoms with E-state index in [-0.39, 0.29) is 11.9 Å². The SMILES string of the molecule is CNC(=O)C1CN(c2ccc(OC)cc2)CCN1c1ncccn1. The van der Waals surface area contributed by atoms with Gasteiger partial charge in [0.25, 0.3) is 0 Å². The Bertz CT molecular complexity index is 677. The number of carbonyl (C=O) groups is 1. The van der Waals surface area contributed by atoms with Crippen LogP contribution >= 0.6 is 0 Å². The zero-order valence-corrected chi connectivity index (χ0v) is 13.8. The predicted octanol–water partition coefficient (Wildman–Crippen LogP) is 0.926. The fourth-order valence-corrected chi connectivity index (χ4v) is 2.88. The van der Waals surface area contributed by atoms with Crippen LogP contribution in [0, 0.1) is 0 Å². The number of anilines is 2. The number of ether oxygens (including phenoxy) is 1. The molecule has 1 saturated heterocycles. The fraction of sp³-hybridized carbons (Fsp3) is 0.353. The number of rotatable bonds is 4. The van der Waals surface area contributed by atoms with E-state index in [0.29, 0.717) is 19.0 Å². The van der Waals surface area contributed by atoms with Gasteiger partial charge in [0, 0.05) is 44.8 Å². The first kappa shape index (κ1) is 16.0. The predicted molar refractivity (Wildman–Crippen MR) is 92.4 cm³/mol. The highest BCUT2D eigenvalue weighted by Gasteiger charge is 2.33. The summed E-state index contributed by atoms with van der Waals surface area (Å²) < 4.78 is 5.20. The van der Waals surface area contributed by atoms with Crippen LogP contribution in [0.4, 0.5) is 11.6 Å². The Kier molecular flexibility index (Phi) is 4.79. The highest BCUT2D eigenvalue weighted by Crippen LogP contribution is 2.24. The van der Waals surface area contributed by atoms with E-state index < -0.39 is 0 Å². The van der Waals surface area contributed by atoms with Gasteiger partial charge in [-0.2, -0.15) is 0 Å². The number of piperazine rings is 1. The third-order valence-electron chi connectivity index (χ3n) is 4.18. The van der Waals surface area contributed by atoms with Gasteiger partial charge in [0.1, 0.15) is 11.8 Å². The lowest BCUT2D eigenvalue weighted by Gasteiger charge is -2.41. The normalized spacial score (nSPS) is 17.5. The molecule has 2 aromatic rings. The molecule has 2 heterocycles. The molecule has 3 rings (SSSR count). The van der Waals surface area contributed by atoms with E-state index >= 15 is 0 Å². The van der Waals surface area contributed by atoms with Crippen LogP contribution in [0.25, 0.3) is 0 Å². The Hall–Kier alpha value is -2.83. The van der Waals surface area contributed by atoms with Crippen LogP contribution in [0.5, 0.6) is 5.75 Å². The number of nitrogens with zero attached hydrogens (tertiary/aromatic N) is 4. The molecule has 126 valence electrons. The first-order valence-corrected chi connectivity index (χ1v) is 7.87. The highest BCUT2D eigenvalue weighted by atomic mass is 16.5. The van der Waals surface area contributed by atoms with Gasteiger partial charge in [-0.25, -0.2) is 9.97 Å². The molecular weight excluding hydrogens is 306 g/mol. The summed E-state index contributed by atoms with van der Waals surface area (Å²) in [4.78, 5) is 25.1. The van der Waals surface area contributed by atoms with E-state index in [2.05, 4.69) is 20.2 Å². The molecule has 7 heteroatoms. The number of carbonyl (C=O) groups excluding carboxylic acids is 1. The number of aromatic nitrogens is 2. The number of nitrogens with one attached hydrogen (secondary N) is 1. The maximum absolute atomic E-state index is 12.4. The quantitative estimate of drug-likeness (QED) is 0.901. The molecule has 1 aliphatic heterocycles. The van der Waals surface area contributed by atoms with Gasteiger partial charge in [-0.05, 0) is 30.3 Å². The maximum atomic E-state index is 12.4. The van der Waals surface area contributed by atoms with Crippen molar-refractivity contribution < 1.29 is 9.53 Å². The molecule has 1 aliphatic rings. The number of hydrogen-bond acceptors (Lipinski definition) is 6. The second-order valence-electron chi connectivity index (χ2n) is 5.52. The first-order valence-electron chi connectivity index (χ1n) is 7.87. The van der Waals surface area contributed by atoms with Crippen molar-refractivity contribution in [2.45, 2.75) is 6.04 Å². The summed E-state index contributed by atoms with van der Waals surface area (Å²) in [6, 6.07) is 9.30. The van der Waals surface area contributed by atoms with Gasteiger partial charge in [0.05, 0.1) is 7.11 Å². The van der Waals surface area contributed by atoms with Crippen molar-refractivity contribution in [1.82, 2.24) is 15.3 Å². The molecule has 1 N–H and O–H groups in total. The van der Waals surface area contributed by atoms with E-state index in [1.165, 1.54) is 0 Å². The van der Waals surface area contributed by atoms with Gasteiger partial charge in [-0.3, -0.25) is 4.79 Å². The number of hydrogen-bond donors (Lipinski definition) is 1. The second-order valence-corrected chi connectivity index (χ2v) is 5.52. The van der Waals surface area contributed by atoms with Crippen molar-refractivity contribution in [3.63, 3.8) is 0 Å². The van der Waals surface area contributed by atoms with Gasteiger partial charge in [-0.15, -0.1) is 0 Å². The van der Waals surface area contributed by atoms with Crippen LogP contribution in [-0.2, 0) is 4.79 Å². The molecule has 0 spiro atoms. The van der Waals surface area contributed by atoms with E-state index in [1.807, 2.05) is 29.2 Å². The first-order chi connectivity index (χ1) is 11.7. The van der Waals surface area contributed by atoms with Gasteiger partial charge in [-0.1, -0.05) is 0 Å². The van der Waals surface area contributed by atoms with Crippen molar-refractivity contribution in [2.24, 2.45) is 0 Å². The summed E-state index contributed by atoms with van der Waals surface area (Å²) in [6.07, 6.45) is 3.39. The summed E-state index contributed by atoms with van der Waals surface area (Å²) in [5.41, 5.74) is 1.07. The number of benzene rings is 1. The molecule has 24 heavy (non-hydrogen) atoms. The van der Waals surface area contributed by atoms with Crippen molar-refractivity contribution in [3.8, 4) is 5.75 Å². The largest absolute Gasteiger partial charge is 0.497 e. The van der Waals surface area contributed by atoms with Crippen LogP contribution in [0.15, 0.2) is 42.7 Å². The minimum absolute atomic E-state index is 0.0411. The van der Waals surface area contributed by atoms with Crippen LogP contribution in [-0.4, -0.2) is 55.7 Å². The molecule has 0 saturated carbocycles. The molecule has 0 radical (unpaired) electrons. The van der Waals surface area contributed by atoms with Crippen molar-refractivity contribution in [3.05, 3.63) is 42.7 Å². The average molecular weight is 327 g/mol. The molecule has 0 bridgehead atoms. The van der Waals surface area contributed by atoms with Gasteiger partial charge < -0.3 is 19.9 Å². The summed E-state index contributed by atoms with van der Waals surface area (Å²) in [7, 11) is 3.30. The van der Waals surface area contributed by atoms with E-state index in [0.717, 1.165) is 18.0 Å². The molecule has 1 aromatic heterocycles. The third-order valence-corrected chi connectivity index (χ3v) is 4.18. The fourth-order valence-electron chi connectivity index (χ4n) is 2.88. The summed E-state index contributed by atoms with van der Waals surface area (Å²) in [5, 5.41) is 2.74. The van der Waals surface area contributed by atoms with Crippen LogP contribution in [0.1, 0.15) is 0 Å². The molecule has 1 amide bonds. The van der Waals surface area contributed by atoms with Crippen LogP contribution in [0.2, 0.25) is 0 Å². The Morgan fingerprint density at radius 3 is 2.54 bits per heavy atom. The zero-order valence-electron chi connectivity index (χ0n) is 13.8. The van der Waals surface area contributed by atoms with Gasteiger partial charge >= 0.3 is 0 Å². The number of likely N-dealkylation sites (N-methyl/N-ethyl adjacent to an activating group) is 1. The standard InChI is InChI=1S/C17H21N5O2/c1-18-16(23)15-12-21(13-4-6-14(24-2)7-5-13)10-11-22(15)17-19-8-3-9-20-17/h3-9,15H,10-12H2,1-2H3,(H,18,23). The molecular formula is C17H21N5O2. The summed E-state index contributed by atoms with van der Waals surface area (Å²) >= 11 is 0. The minimum atomic E-state index is -0.340. The highest BCUT2D eigenvalue weighted by molar-refractivity contribution is 5.85. The Morgan fingerprint density at radius 1 is 1.21 bits per heavy atom. The second kappa shape index (κ2) is 7.16. The molecule has 7 nitrogen and oxygen atoms in total. The molecule has 1 fully saturated rings. The monoisotopic (exact) mass is 327 g/mol. The van der Waals surface area contributed by atoms with Gasteiger partial charge in [0.2, 0.25) is 11.9 Å². The Morgan fingerprint density at radius 2 is 1.92 bits per heavy atom. The Labute approximate surface area is 141 Å². The lowest BCUT2D eigenvalue weighted by molar-refractivity contribution is -0.121. The van der Waals surface area contributed by atoms with E-state index in [4.69, 9.17) is 4.74 Å². The zero-order chi connectivity index (χ0) is 16.9.